The minimum Gasteiger partial charge on any atom is -0.476 e. The van der Waals surface area contributed by atoms with Gasteiger partial charge >= 0.3 is 6.18 Å². The quantitative estimate of drug-likeness (QED) is 0.249. The van der Waals surface area contributed by atoms with Crippen LogP contribution < -0.4 is 15.4 Å². The van der Waals surface area contributed by atoms with Crippen LogP contribution in [0.25, 0.3) is 0 Å². The normalized spacial score (nSPS) is 11.6. The highest BCUT2D eigenvalue weighted by Gasteiger charge is 2.30. The van der Waals surface area contributed by atoms with Crippen LogP contribution >= 0.6 is 24.0 Å². The average molecular weight is 476 g/mol. The Morgan fingerprint density at radius 1 is 1.20 bits per heavy atom. The number of alkyl halides is 3. The smallest absolute Gasteiger partial charge is 0.417 e. The van der Waals surface area contributed by atoms with E-state index in [-0.39, 0.29) is 36.5 Å². The Morgan fingerprint density at radius 3 is 2.48 bits per heavy atom. The van der Waals surface area contributed by atoms with Crippen LogP contribution in [-0.4, -0.2) is 50.9 Å². The number of nitrogens with one attached hydrogen (secondary N) is 2. The van der Waals surface area contributed by atoms with E-state index in [4.69, 9.17) is 9.47 Å². The number of hydrogen-bond donors (Lipinski definition) is 2. The van der Waals surface area contributed by atoms with Gasteiger partial charge in [0.25, 0.3) is 0 Å². The standard InChI is InChI=1S/C15H23F3N4O2.HI/c1-3-23-9-4-7-20-14(19-2)21-8-10-24-13-6-5-12(11-22-13)15(16,17)18;/h5-6,11H,3-4,7-10H2,1-2H3,(H2,19,20,21);1H. The summed E-state index contributed by atoms with van der Waals surface area (Å²) in [5.74, 6) is 0.764. The van der Waals surface area contributed by atoms with Crippen LogP contribution in [0.4, 0.5) is 13.2 Å². The third-order valence-electron chi connectivity index (χ3n) is 2.89. The Bertz CT molecular complexity index is 499. The van der Waals surface area contributed by atoms with E-state index in [1.165, 1.54) is 6.07 Å². The molecule has 2 N–H and O–H groups in total. The SMILES string of the molecule is CCOCCCNC(=NC)NCCOc1ccc(C(F)(F)F)cn1.I. The highest BCUT2D eigenvalue weighted by molar-refractivity contribution is 14.0. The van der Waals surface area contributed by atoms with E-state index >= 15 is 0 Å². The van der Waals surface area contributed by atoms with Crippen molar-refractivity contribution in [3.05, 3.63) is 23.9 Å². The van der Waals surface area contributed by atoms with Gasteiger partial charge < -0.3 is 20.1 Å². The number of ether oxygens (including phenoxy) is 2. The topological polar surface area (TPSA) is 67.8 Å². The first-order chi connectivity index (χ1) is 11.5. The molecule has 0 atom stereocenters. The molecule has 10 heteroatoms. The molecule has 0 saturated carbocycles. The summed E-state index contributed by atoms with van der Waals surface area (Å²) in [5, 5.41) is 6.15. The minimum absolute atomic E-state index is 0. The van der Waals surface area contributed by atoms with Crippen molar-refractivity contribution < 1.29 is 22.6 Å². The fourth-order valence-electron chi connectivity index (χ4n) is 1.70. The summed E-state index contributed by atoms with van der Waals surface area (Å²) in [6.07, 6.45) is -2.78. The van der Waals surface area contributed by atoms with Gasteiger partial charge in [0, 0.05) is 39.1 Å². The van der Waals surface area contributed by atoms with E-state index in [2.05, 4.69) is 20.6 Å². The van der Waals surface area contributed by atoms with Crippen LogP contribution in [0, 0.1) is 0 Å². The molecule has 0 aliphatic rings. The Balaban J connectivity index is 0.00000576. The van der Waals surface area contributed by atoms with E-state index in [9.17, 15) is 13.2 Å². The first-order valence-corrected chi connectivity index (χ1v) is 7.65. The number of aromatic nitrogens is 1. The Morgan fingerprint density at radius 2 is 1.92 bits per heavy atom. The molecule has 0 saturated heterocycles. The molecule has 1 aromatic heterocycles. The van der Waals surface area contributed by atoms with Crippen molar-refractivity contribution in [2.75, 3.05) is 40.0 Å². The lowest BCUT2D eigenvalue weighted by Gasteiger charge is -2.12. The Hall–Kier alpha value is -1.30. The zero-order valence-corrected chi connectivity index (χ0v) is 16.6. The van der Waals surface area contributed by atoms with Gasteiger partial charge in [-0.3, -0.25) is 4.99 Å². The van der Waals surface area contributed by atoms with Gasteiger partial charge in [-0.25, -0.2) is 4.98 Å². The molecule has 0 unspecified atom stereocenters. The van der Waals surface area contributed by atoms with Crippen LogP contribution in [0.3, 0.4) is 0 Å². The van der Waals surface area contributed by atoms with Crippen molar-refractivity contribution in [1.29, 1.82) is 0 Å². The third-order valence-corrected chi connectivity index (χ3v) is 2.89. The number of nitrogens with zero attached hydrogens (tertiary/aromatic N) is 2. The van der Waals surface area contributed by atoms with Crippen molar-refractivity contribution >= 4 is 29.9 Å². The number of rotatable bonds is 9. The monoisotopic (exact) mass is 476 g/mol. The maximum absolute atomic E-state index is 12.4. The van der Waals surface area contributed by atoms with Gasteiger partial charge in [0.05, 0.1) is 12.1 Å². The fraction of sp³-hybridized carbons (Fsp3) is 0.600. The van der Waals surface area contributed by atoms with Crippen LogP contribution in [0.15, 0.2) is 23.3 Å². The average Bonchev–Trinajstić information content (AvgIpc) is 2.56. The lowest BCUT2D eigenvalue weighted by molar-refractivity contribution is -0.137. The number of pyridine rings is 1. The molecular formula is C15H24F3IN4O2. The molecular weight excluding hydrogens is 452 g/mol. The van der Waals surface area contributed by atoms with E-state index in [0.29, 0.717) is 25.7 Å². The molecule has 144 valence electrons. The molecule has 25 heavy (non-hydrogen) atoms. The maximum atomic E-state index is 12.4. The summed E-state index contributed by atoms with van der Waals surface area (Å²) in [7, 11) is 1.65. The van der Waals surface area contributed by atoms with Gasteiger partial charge in [-0.2, -0.15) is 13.2 Å². The molecule has 1 heterocycles. The zero-order chi connectivity index (χ0) is 17.8. The largest absolute Gasteiger partial charge is 0.476 e. The number of halogens is 4. The molecule has 0 fully saturated rings. The van der Waals surface area contributed by atoms with E-state index in [1.807, 2.05) is 6.92 Å². The molecule has 0 aromatic carbocycles. The molecule has 1 rings (SSSR count). The predicted octanol–water partition coefficient (Wildman–Crippen LogP) is 2.69. The lowest BCUT2D eigenvalue weighted by Crippen LogP contribution is -2.39. The second-order valence-corrected chi connectivity index (χ2v) is 4.71. The molecule has 0 spiro atoms. The molecule has 0 bridgehead atoms. The summed E-state index contributed by atoms with van der Waals surface area (Å²) in [6, 6.07) is 2.14. The van der Waals surface area contributed by atoms with Gasteiger partial charge in [-0.1, -0.05) is 0 Å². The summed E-state index contributed by atoms with van der Waals surface area (Å²) in [4.78, 5) is 7.68. The third kappa shape index (κ3) is 10.3. The van der Waals surface area contributed by atoms with Crippen LogP contribution in [-0.2, 0) is 10.9 Å². The molecule has 0 radical (unpaired) electrons. The number of guanidine groups is 1. The molecule has 0 aliphatic carbocycles. The first-order valence-electron chi connectivity index (χ1n) is 7.65. The molecule has 6 nitrogen and oxygen atoms in total. The fourth-order valence-corrected chi connectivity index (χ4v) is 1.70. The van der Waals surface area contributed by atoms with Crippen molar-refractivity contribution in [2.45, 2.75) is 19.5 Å². The highest BCUT2D eigenvalue weighted by Crippen LogP contribution is 2.29. The van der Waals surface area contributed by atoms with Crippen molar-refractivity contribution in [3.63, 3.8) is 0 Å². The highest BCUT2D eigenvalue weighted by atomic mass is 127. The van der Waals surface area contributed by atoms with Gasteiger partial charge in [0.1, 0.15) is 6.61 Å². The Labute approximate surface area is 162 Å². The van der Waals surface area contributed by atoms with Crippen LogP contribution in [0.1, 0.15) is 18.9 Å². The van der Waals surface area contributed by atoms with E-state index in [1.54, 1.807) is 7.05 Å². The van der Waals surface area contributed by atoms with Crippen LogP contribution in [0.5, 0.6) is 5.88 Å². The van der Waals surface area contributed by atoms with Crippen LogP contribution in [0.2, 0.25) is 0 Å². The summed E-state index contributed by atoms with van der Waals surface area (Å²) < 4.78 is 47.7. The van der Waals surface area contributed by atoms with Crippen molar-refractivity contribution in [2.24, 2.45) is 4.99 Å². The van der Waals surface area contributed by atoms with E-state index < -0.39 is 11.7 Å². The van der Waals surface area contributed by atoms with Gasteiger partial charge in [0.2, 0.25) is 5.88 Å². The van der Waals surface area contributed by atoms with Gasteiger partial charge in [-0.05, 0) is 19.4 Å². The summed E-state index contributed by atoms with van der Waals surface area (Å²) in [6.45, 7) is 4.73. The molecule has 0 amide bonds. The number of hydrogen-bond acceptors (Lipinski definition) is 4. The minimum atomic E-state index is -4.40. The summed E-state index contributed by atoms with van der Waals surface area (Å²) in [5.41, 5.74) is -0.801. The Kier molecular flexibility index (Phi) is 12.3. The van der Waals surface area contributed by atoms with Gasteiger partial charge in [0.15, 0.2) is 5.96 Å². The van der Waals surface area contributed by atoms with Gasteiger partial charge in [-0.15, -0.1) is 24.0 Å². The first kappa shape index (κ1) is 23.7. The second-order valence-electron chi connectivity index (χ2n) is 4.71. The molecule has 1 aromatic rings. The van der Waals surface area contributed by atoms with Crippen molar-refractivity contribution in [1.82, 2.24) is 15.6 Å². The zero-order valence-electron chi connectivity index (χ0n) is 14.2. The van der Waals surface area contributed by atoms with Crippen molar-refractivity contribution in [3.8, 4) is 5.88 Å². The number of aliphatic imine (C=N–C) groups is 1. The van der Waals surface area contributed by atoms with E-state index in [0.717, 1.165) is 25.2 Å². The summed E-state index contributed by atoms with van der Waals surface area (Å²) >= 11 is 0. The second kappa shape index (κ2) is 13.0. The maximum Gasteiger partial charge on any atom is 0.417 e. The lowest BCUT2D eigenvalue weighted by atomic mass is 10.3. The predicted molar refractivity (Wildman–Crippen MR) is 101 cm³/mol. The molecule has 0 aliphatic heterocycles.